The number of thiocarbonyl (C=S) groups is 1. The second kappa shape index (κ2) is 6.90. The lowest BCUT2D eigenvalue weighted by molar-refractivity contribution is -0.145. The molecule has 0 aromatic heterocycles. The van der Waals surface area contributed by atoms with Crippen LogP contribution in [0.1, 0.15) is 11.7 Å². The van der Waals surface area contributed by atoms with Crippen LogP contribution in [-0.4, -0.2) is 29.8 Å². The van der Waals surface area contributed by atoms with Crippen LogP contribution in [0.2, 0.25) is 0 Å². The highest BCUT2D eigenvalue weighted by molar-refractivity contribution is 7.78. The van der Waals surface area contributed by atoms with Crippen molar-refractivity contribution in [2.24, 2.45) is 5.73 Å². The molecular weight excluding hydrogens is 258 g/mol. The third kappa shape index (κ3) is 3.66. The molecule has 2 atom stereocenters. The number of aliphatic hydroxyl groups is 1. The normalized spacial score (nSPS) is 13.3. The third-order valence-corrected chi connectivity index (χ3v) is 2.30. The van der Waals surface area contributed by atoms with Crippen molar-refractivity contribution in [2.45, 2.75) is 12.1 Å². The molecule has 1 rings (SSSR count). The van der Waals surface area contributed by atoms with Crippen molar-refractivity contribution in [3.05, 3.63) is 29.8 Å². The molecule has 1 aromatic carbocycles. The van der Waals surface area contributed by atoms with Gasteiger partial charge < -0.3 is 15.6 Å². The average Bonchev–Trinajstić information content (AvgIpc) is 2.43. The van der Waals surface area contributed by atoms with E-state index in [2.05, 4.69) is 21.8 Å². The Kier molecular flexibility index (Phi) is 5.50. The van der Waals surface area contributed by atoms with Crippen molar-refractivity contribution in [1.29, 1.82) is 0 Å². The lowest BCUT2D eigenvalue weighted by Crippen LogP contribution is -2.37. The average molecular weight is 271 g/mol. The van der Waals surface area contributed by atoms with Crippen LogP contribution in [0.4, 0.5) is 0 Å². The molecule has 0 aliphatic rings. The van der Waals surface area contributed by atoms with Gasteiger partial charge in [-0.15, -0.1) is 0 Å². The zero-order valence-electron chi connectivity index (χ0n) is 9.61. The number of hydrogen-bond donors (Lipinski definition) is 2. The van der Waals surface area contributed by atoms with Gasteiger partial charge >= 0.3 is 5.97 Å². The number of ether oxygens (including phenoxy) is 1. The van der Waals surface area contributed by atoms with Gasteiger partial charge in [-0.25, -0.2) is 0 Å². The van der Waals surface area contributed by atoms with Gasteiger partial charge in [-0.3, -0.25) is 14.6 Å². The number of nitrogens with two attached hydrogens (primary N) is 1. The van der Waals surface area contributed by atoms with Gasteiger partial charge in [0.1, 0.15) is 12.1 Å². The van der Waals surface area contributed by atoms with Gasteiger partial charge in [-0.1, -0.05) is 12.1 Å². The van der Waals surface area contributed by atoms with Crippen molar-refractivity contribution >= 4 is 23.7 Å². The minimum atomic E-state index is -1.15. The van der Waals surface area contributed by atoms with Crippen LogP contribution in [0.5, 0.6) is 5.75 Å². The fourth-order valence-corrected chi connectivity index (χ4v) is 1.31. The van der Waals surface area contributed by atoms with Gasteiger partial charge in [0, 0.05) is 0 Å². The van der Waals surface area contributed by atoms with Crippen molar-refractivity contribution in [1.82, 2.24) is 0 Å². The Morgan fingerprint density at radius 2 is 2.06 bits per heavy atom. The lowest BCUT2D eigenvalue weighted by atomic mass is 10.0. The summed E-state index contributed by atoms with van der Waals surface area (Å²) in [5.74, 6) is -0.287. The summed E-state index contributed by atoms with van der Waals surface area (Å²) in [6.07, 6.45) is -1.15. The maximum atomic E-state index is 11.2. The molecule has 0 saturated heterocycles. The van der Waals surface area contributed by atoms with E-state index in [1.165, 1.54) is 7.11 Å². The van der Waals surface area contributed by atoms with Gasteiger partial charge in [0.2, 0.25) is 5.55 Å². The second-order valence-corrected chi connectivity index (χ2v) is 3.53. The van der Waals surface area contributed by atoms with Crippen molar-refractivity contribution in [2.75, 3.05) is 7.11 Å². The number of rotatable bonds is 6. The van der Waals surface area contributed by atoms with E-state index >= 15 is 0 Å². The second-order valence-electron chi connectivity index (χ2n) is 3.34. The van der Waals surface area contributed by atoms with E-state index < -0.39 is 18.1 Å². The molecule has 0 bridgehead atoms. The van der Waals surface area contributed by atoms with Gasteiger partial charge in [-0.2, -0.15) is 0 Å². The SMILES string of the molecule is COC(=O)[C@@H](N)[C@H](O)c1ccc(OOC=S)cc1. The summed E-state index contributed by atoms with van der Waals surface area (Å²) in [7, 11) is 1.20. The maximum Gasteiger partial charge on any atom is 0.325 e. The summed E-state index contributed by atoms with van der Waals surface area (Å²) in [5.41, 5.74) is 6.95. The summed E-state index contributed by atoms with van der Waals surface area (Å²) in [5, 5.41) is 9.84. The Morgan fingerprint density at radius 1 is 1.44 bits per heavy atom. The summed E-state index contributed by atoms with van der Waals surface area (Å²) >= 11 is 4.41. The van der Waals surface area contributed by atoms with E-state index in [0.29, 0.717) is 11.3 Å². The van der Waals surface area contributed by atoms with E-state index in [1.807, 2.05) is 0 Å². The molecule has 98 valence electrons. The first-order valence-electron chi connectivity index (χ1n) is 4.98. The Bertz CT molecular complexity index is 408. The minimum Gasteiger partial charge on any atom is -0.468 e. The van der Waals surface area contributed by atoms with Gasteiger partial charge in [0.15, 0.2) is 5.75 Å². The quantitative estimate of drug-likeness (QED) is 0.337. The van der Waals surface area contributed by atoms with Crippen LogP contribution in [-0.2, 0) is 14.4 Å². The molecular formula is C11H13NO5S. The molecule has 0 fully saturated rings. The molecule has 3 N–H and O–H groups in total. The number of carbonyl (C=O) groups excluding carboxylic acids is 1. The zero-order valence-corrected chi connectivity index (χ0v) is 10.4. The number of benzene rings is 1. The monoisotopic (exact) mass is 271 g/mol. The molecule has 0 aliphatic heterocycles. The molecule has 0 unspecified atom stereocenters. The topological polar surface area (TPSA) is 91.0 Å². The fourth-order valence-electron chi connectivity index (χ4n) is 1.27. The highest BCUT2D eigenvalue weighted by Crippen LogP contribution is 2.20. The predicted molar refractivity (Wildman–Crippen MR) is 66.8 cm³/mol. The molecule has 0 aliphatic carbocycles. The molecule has 0 saturated carbocycles. The van der Waals surface area contributed by atoms with Gasteiger partial charge in [0.25, 0.3) is 0 Å². The molecule has 7 heteroatoms. The van der Waals surface area contributed by atoms with Crippen molar-refractivity contribution in [3.63, 3.8) is 0 Å². The molecule has 0 amide bonds. The molecule has 0 spiro atoms. The largest absolute Gasteiger partial charge is 0.468 e. The number of hydrogen-bond acceptors (Lipinski definition) is 7. The number of carbonyl (C=O) groups is 1. The first-order chi connectivity index (χ1) is 8.60. The summed E-state index contributed by atoms with van der Waals surface area (Å²) in [4.78, 5) is 20.4. The zero-order chi connectivity index (χ0) is 13.5. The van der Waals surface area contributed by atoms with Crippen LogP contribution in [0.25, 0.3) is 0 Å². The van der Waals surface area contributed by atoms with Crippen LogP contribution in [0.15, 0.2) is 24.3 Å². The van der Waals surface area contributed by atoms with Crippen LogP contribution in [0, 0.1) is 0 Å². The van der Waals surface area contributed by atoms with E-state index in [-0.39, 0.29) is 0 Å². The Labute approximate surface area is 109 Å². The van der Waals surface area contributed by atoms with Gasteiger partial charge in [-0.05, 0) is 29.9 Å². The fraction of sp³-hybridized carbons (Fsp3) is 0.273. The van der Waals surface area contributed by atoms with Crippen LogP contribution < -0.4 is 10.6 Å². The Morgan fingerprint density at radius 3 is 2.56 bits per heavy atom. The summed E-state index contributed by atoms with van der Waals surface area (Å²) in [6, 6.07) is 5.05. The van der Waals surface area contributed by atoms with E-state index in [4.69, 9.17) is 10.6 Å². The highest BCUT2D eigenvalue weighted by Gasteiger charge is 2.24. The minimum absolute atomic E-state index is 0.402. The molecule has 18 heavy (non-hydrogen) atoms. The number of esters is 1. The first kappa shape index (κ1) is 14.4. The Balaban J connectivity index is 2.72. The number of methoxy groups -OCH3 is 1. The highest BCUT2D eigenvalue weighted by atomic mass is 32.1. The lowest BCUT2D eigenvalue weighted by Gasteiger charge is -2.16. The summed E-state index contributed by atoms with van der Waals surface area (Å²) in [6.45, 7) is 0. The van der Waals surface area contributed by atoms with Crippen LogP contribution in [0.3, 0.4) is 0 Å². The molecule has 6 nitrogen and oxygen atoms in total. The number of aliphatic hydroxyl groups excluding tert-OH is 1. The van der Waals surface area contributed by atoms with E-state index in [9.17, 15) is 9.90 Å². The molecule has 0 radical (unpaired) electrons. The maximum absolute atomic E-state index is 11.2. The standard InChI is InChI=1S/C11H13NO5S/c1-15-11(14)9(12)10(13)7-2-4-8(5-3-7)17-16-6-18/h2-6,9-10,13H,12H2,1H3/t9-,10+/m0/s1. The Hall–Kier alpha value is -1.70. The van der Waals surface area contributed by atoms with Crippen molar-refractivity contribution in [3.8, 4) is 5.75 Å². The van der Waals surface area contributed by atoms with Crippen molar-refractivity contribution < 1.29 is 24.4 Å². The smallest absolute Gasteiger partial charge is 0.325 e. The van der Waals surface area contributed by atoms with Crippen LogP contribution >= 0.6 is 12.2 Å². The molecule has 1 aromatic rings. The van der Waals surface area contributed by atoms with Gasteiger partial charge in [0.05, 0.1) is 7.11 Å². The van der Waals surface area contributed by atoms with E-state index in [0.717, 1.165) is 5.55 Å². The third-order valence-electron chi connectivity index (χ3n) is 2.22. The molecule has 0 heterocycles. The summed E-state index contributed by atoms with van der Waals surface area (Å²) < 4.78 is 4.45. The first-order valence-corrected chi connectivity index (χ1v) is 5.45. The predicted octanol–water partition coefficient (Wildman–Crippen LogP) is 0.488. The van der Waals surface area contributed by atoms with E-state index in [1.54, 1.807) is 24.3 Å².